The molecule has 0 atom stereocenters. The molecule has 0 radical (unpaired) electrons. The molecule has 0 aliphatic rings. The van der Waals surface area contributed by atoms with E-state index in [0.29, 0.717) is 17.0 Å². The minimum absolute atomic E-state index is 0.167. The van der Waals surface area contributed by atoms with Crippen LogP contribution >= 0.6 is 0 Å². The zero-order valence-corrected chi connectivity index (χ0v) is 9.49. The van der Waals surface area contributed by atoms with Crippen molar-refractivity contribution in [3.05, 3.63) is 46.1 Å². The molecule has 0 saturated carbocycles. The Hall–Kier alpha value is -2.81. The van der Waals surface area contributed by atoms with Gasteiger partial charge in [0, 0.05) is 7.05 Å². The molecule has 18 heavy (non-hydrogen) atoms. The molecule has 90 valence electrons. The average molecular weight is 243 g/mol. The van der Waals surface area contributed by atoms with E-state index in [2.05, 4.69) is 0 Å². The van der Waals surface area contributed by atoms with E-state index in [0.717, 1.165) is 6.07 Å². The molecule has 1 aromatic carbocycles. The highest BCUT2D eigenvalue weighted by atomic mass is 16.6. The number of benzene rings is 1. The number of nitro groups is 1. The fraction of sp³-hybridized carbons (Fsp3) is 0.0833. The van der Waals surface area contributed by atoms with Crippen LogP contribution < -0.4 is 0 Å². The quantitative estimate of drug-likeness (QED) is 0.646. The normalized spacial score (nSPS) is 10.0. The maximum atomic E-state index is 11.0. The largest absolute Gasteiger partial charge is 0.508 e. The molecule has 0 bridgehead atoms. The van der Waals surface area contributed by atoms with E-state index in [1.54, 1.807) is 23.7 Å². The predicted molar refractivity (Wildman–Crippen MR) is 63.9 cm³/mol. The van der Waals surface area contributed by atoms with Gasteiger partial charge in [-0.25, -0.2) is 0 Å². The maximum absolute atomic E-state index is 11.0. The predicted octanol–water partition coefficient (Wildman–Crippen LogP) is 2.18. The Morgan fingerprint density at radius 1 is 1.39 bits per heavy atom. The van der Waals surface area contributed by atoms with Crippen molar-refractivity contribution in [3.8, 4) is 23.1 Å². The molecule has 0 spiro atoms. The summed E-state index contributed by atoms with van der Waals surface area (Å²) in [5.41, 5.74) is 1.13. The van der Waals surface area contributed by atoms with E-state index in [1.807, 2.05) is 6.07 Å². The number of hydrogen-bond donors (Lipinski definition) is 1. The number of phenolic OH excluding ortho intramolecular Hbond substituents is 1. The lowest BCUT2D eigenvalue weighted by atomic mass is 10.1. The second kappa shape index (κ2) is 4.22. The summed E-state index contributed by atoms with van der Waals surface area (Å²) in [6.07, 6.45) is 0. The minimum atomic E-state index is -0.561. The van der Waals surface area contributed by atoms with Gasteiger partial charge in [-0.05, 0) is 24.3 Å². The molecule has 0 saturated heterocycles. The van der Waals surface area contributed by atoms with Crippen molar-refractivity contribution >= 4 is 5.69 Å². The van der Waals surface area contributed by atoms with Crippen LogP contribution in [0, 0.1) is 21.4 Å². The van der Waals surface area contributed by atoms with Crippen LogP contribution in [0.2, 0.25) is 0 Å². The molecule has 0 aliphatic heterocycles. The van der Waals surface area contributed by atoms with E-state index in [9.17, 15) is 15.2 Å². The van der Waals surface area contributed by atoms with Crippen LogP contribution in [0.5, 0.6) is 5.75 Å². The average Bonchev–Trinajstić information content (AvgIpc) is 2.70. The Morgan fingerprint density at radius 3 is 2.67 bits per heavy atom. The topological polar surface area (TPSA) is 92.1 Å². The van der Waals surface area contributed by atoms with Gasteiger partial charge in [-0.2, -0.15) is 5.26 Å². The zero-order valence-electron chi connectivity index (χ0n) is 9.49. The lowest BCUT2D eigenvalue weighted by molar-refractivity contribution is -0.384. The first kappa shape index (κ1) is 11.7. The number of aromatic nitrogens is 1. The first-order chi connectivity index (χ1) is 8.54. The molecule has 2 rings (SSSR count). The molecular weight excluding hydrogens is 234 g/mol. The Kier molecular flexibility index (Phi) is 2.73. The summed E-state index contributed by atoms with van der Waals surface area (Å²) in [7, 11) is 1.66. The molecule has 0 unspecified atom stereocenters. The van der Waals surface area contributed by atoms with Crippen molar-refractivity contribution in [2.24, 2.45) is 7.05 Å². The van der Waals surface area contributed by atoms with E-state index in [1.165, 1.54) is 12.1 Å². The third-order valence-electron chi connectivity index (χ3n) is 2.69. The highest BCUT2D eigenvalue weighted by Crippen LogP contribution is 2.33. The van der Waals surface area contributed by atoms with Gasteiger partial charge in [-0.3, -0.25) is 10.1 Å². The lowest BCUT2D eigenvalue weighted by Gasteiger charge is -2.05. The first-order valence-corrected chi connectivity index (χ1v) is 5.08. The second-order valence-corrected chi connectivity index (χ2v) is 3.73. The number of aromatic hydroxyl groups is 1. The van der Waals surface area contributed by atoms with Gasteiger partial charge in [0.15, 0.2) is 0 Å². The summed E-state index contributed by atoms with van der Waals surface area (Å²) in [5, 5.41) is 29.1. The molecule has 0 amide bonds. The van der Waals surface area contributed by atoms with Gasteiger partial charge < -0.3 is 9.67 Å². The van der Waals surface area contributed by atoms with E-state index < -0.39 is 4.92 Å². The third kappa shape index (κ3) is 1.78. The number of rotatable bonds is 2. The number of phenols is 1. The van der Waals surface area contributed by atoms with Gasteiger partial charge in [0.05, 0.1) is 22.2 Å². The van der Waals surface area contributed by atoms with Crippen molar-refractivity contribution in [2.75, 3.05) is 0 Å². The molecule has 0 fully saturated rings. The molecule has 6 nitrogen and oxygen atoms in total. The van der Waals surface area contributed by atoms with Crippen molar-refractivity contribution in [3.63, 3.8) is 0 Å². The smallest absolute Gasteiger partial charge is 0.282 e. The summed E-state index contributed by atoms with van der Waals surface area (Å²) in [5.74, 6) is -0.167. The molecule has 6 heteroatoms. The van der Waals surface area contributed by atoms with Gasteiger partial charge in [-0.1, -0.05) is 0 Å². The van der Waals surface area contributed by atoms with Crippen LogP contribution in [0.15, 0.2) is 30.3 Å². The summed E-state index contributed by atoms with van der Waals surface area (Å²) < 4.78 is 1.57. The maximum Gasteiger partial charge on any atom is 0.282 e. The zero-order chi connectivity index (χ0) is 13.3. The van der Waals surface area contributed by atoms with E-state index in [-0.39, 0.29) is 11.4 Å². The van der Waals surface area contributed by atoms with Crippen LogP contribution in [0.4, 0.5) is 5.69 Å². The Bertz CT molecular complexity index is 668. The van der Waals surface area contributed by atoms with E-state index in [4.69, 9.17) is 5.26 Å². The van der Waals surface area contributed by atoms with Crippen LogP contribution in [0.1, 0.15) is 5.69 Å². The van der Waals surface area contributed by atoms with Crippen LogP contribution in [0.3, 0.4) is 0 Å². The molecule has 1 heterocycles. The number of nitrogens with zero attached hydrogens (tertiary/aromatic N) is 3. The lowest BCUT2D eigenvalue weighted by Crippen LogP contribution is -1.98. The highest BCUT2D eigenvalue weighted by Gasteiger charge is 2.19. The van der Waals surface area contributed by atoms with Gasteiger partial charge >= 0.3 is 0 Å². The van der Waals surface area contributed by atoms with Gasteiger partial charge in [0.1, 0.15) is 17.5 Å². The molecule has 0 aliphatic carbocycles. The van der Waals surface area contributed by atoms with Crippen molar-refractivity contribution in [1.82, 2.24) is 4.57 Å². The molecule has 2 aromatic rings. The number of hydrogen-bond acceptors (Lipinski definition) is 4. The monoisotopic (exact) mass is 243 g/mol. The number of nitro benzene ring substituents is 1. The summed E-state index contributed by atoms with van der Waals surface area (Å²) in [6.45, 7) is 0. The molecule has 1 N–H and O–H groups in total. The Labute approximate surface area is 102 Å². The molecule has 1 aromatic heterocycles. The molecular formula is C12H9N3O3. The van der Waals surface area contributed by atoms with Gasteiger partial charge in [-0.15, -0.1) is 0 Å². The van der Waals surface area contributed by atoms with Crippen LogP contribution in [-0.2, 0) is 7.05 Å². The Balaban J connectivity index is 2.68. The van der Waals surface area contributed by atoms with Crippen molar-refractivity contribution in [1.29, 1.82) is 5.26 Å². The van der Waals surface area contributed by atoms with Crippen LogP contribution in [-0.4, -0.2) is 14.6 Å². The minimum Gasteiger partial charge on any atom is -0.508 e. The SMILES string of the molecule is Cn1c(C#N)ccc1-c1ccc(O)cc1[N+](=O)[O-]. The standard InChI is InChI=1S/C12H9N3O3/c1-14-8(7-13)2-5-11(14)10-4-3-9(16)6-12(10)15(17)18/h2-6,16H,1H3. The number of nitriles is 1. The fourth-order valence-corrected chi connectivity index (χ4v) is 1.78. The Morgan fingerprint density at radius 2 is 2.11 bits per heavy atom. The van der Waals surface area contributed by atoms with Crippen molar-refractivity contribution in [2.45, 2.75) is 0 Å². The van der Waals surface area contributed by atoms with Gasteiger partial charge in [0.2, 0.25) is 0 Å². The third-order valence-corrected chi connectivity index (χ3v) is 2.69. The van der Waals surface area contributed by atoms with Gasteiger partial charge in [0.25, 0.3) is 5.69 Å². The highest BCUT2D eigenvalue weighted by molar-refractivity contribution is 5.73. The summed E-state index contributed by atoms with van der Waals surface area (Å²) >= 11 is 0. The first-order valence-electron chi connectivity index (χ1n) is 5.08. The summed E-state index contributed by atoms with van der Waals surface area (Å²) in [6, 6.07) is 9.15. The van der Waals surface area contributed by atoms with E-state index >= 15 is 0 Å². The van der Waals surface area contributed by atoms with Crippen molar-refractivity contribution < 1.29 is 10.0 Å². The second-order valence-electron chi connectivity index (χ2n) is 3.73. The fourth-order valence-electron chi connectivity index (χ4n) is 1.78. The summed E-state index contributed by atoms with van der Waals surface area (Å²) in [4.78, 5) is 10.4. The van der Waals surface area contributed by atoms with Crippen LogP contribution in [0.25, 0.3) is 11.3 Å².